The summed E-state index contributed by atoms with van der Waals surface area (Å²) in [5.74, 6) is 0.804. The van der Waals surface area contributed by atoms with Crippen molar-refractivity contribution in [2.45, 2.75) is 105 Å². The van der Waals surface area contributed by atoms with Crippen LogP contribution in [0.4, 0.5) is 0 Å². The van der Waals surface area contributed by atoms with Crippen LogP contribution in [0, 0.1) is 11.8 Å². The summed E-state index contributed by atoms with van der Waals surface area (Å²) in [4.78, 5) is 0. The molecule has 1 fully saturated rings. The first kappa shape index (κ1) is 26.4. The lowest BCUT2D eigenvalue weighted by molar-refractivity contribution is 0.00578. The van der Waals surface area contributed by atoms with Crippen LogP contribution < -0.4 is 10.2 Å². The summed E-state index contributed by atoms with van der Waals surface area (Å²) < 4.78 is 25.3. The van der Waals surface area contributed by atoms with E-state index in [1.54, 1.807) is 0 Å². The zero-order chi connectivity index (χ0) is 23.9. The van der Waals surface area contributed by atoms with Crippen molar-refractivity contribution in [3.63, 3.8) is 0 Å². The molecular formula is C25H44BO4Si. The Labute approximate surface area is 192 Å². The normalized spacial score (nSPS) is 20.1. The summed E-state index contributed by atoms with van der Waals surface area (Å²) in [5.41, 5.74) is 0.287. The lowest BCUT2D eigenvalue weighted by atomic mass is 9.79. The lowest BCUT2D eigenvalue weighted by Crippen LogP contribution is -2.46. The largest absolute Gasteiger partial charge is 0.494 e. The molecule has 0 spiro atoms. The number of benzene rings is 1. The highest BCUT2D eigenvalue weighted by Gasteiger charge is 2.51. The van der Waals surface area contributed by atoms with Crippen molar-refractivity contribution in [1.82, 2.24) is 0 Å². The molecule has 0 N–H and O–H groups in total. The van der Waals surface area contributed by atoms with E-state index >= 15 is 0 Å². The van der Waals surface area contributed by atoms with Gasteiger partial charge in [0, 0.05) is 0 Å². The van der Waals surface area contributed by atoms with E-state index < -0.39 is 15.4 Å². The molecule has 0 aliphatic carbocycles. The second-order valence-electron chi connectivity index (χ2n) is 12.4. The molecule has 1 heterocycles. The third kappa shape index (κ3) is 6.83. The minimum atomic E-state index is -1.92. The zero-order valence-corrected chi connectivity index (χ0v) is 22.9. The highest BCUT2D eigenvalue weighted by molar-refractivity contribution is 6.74. The molecule has 1 atom stereocenters. The summed E-state index contributed by atoms with van der Waals surface area (Å²) in [7, 11) is -2.32. The molecule has 1 radical (unpaired) electrons. The molecule has 2 rings (SSSR count). The van der Waals surface area contributed by atoms with Gasteiger partial charge in [0.05, 0.1) is 17.3 Å². The molecule has 0 bridgehead atoms. The zero-order valence-electron chi connectivity index (χ0n) is 21.9. The van der Waals surface area contributed by atoms with Gasteiger partial charge in [0.1, 0.15) is 12.4 Å². The number of hydrogen-bond donors (Lipinski definition) is 0. The average molecular weight is 448 g/mol. The van der Waals surface area contributed by atoms with Crippen LogP contribution in [0.5, 0.6) is 5.75 Å². The number of rotatable bonds is 7. The third-order valence-electron chi connectivity index (χ3n) is 6.74. The van der Waals surface area contributed by atoms with E-state index in [4.69, 9.17) is 18.5 Å². The maximum Gasteiger partial charge on any atom is 0.494 e. The van der Waals surface area contributed by atoms with Crippen LogP contribution in [0.1, 0.15) is 69.2 Å². The predicted molar refractivity (Wildman–Crippen MR) is 133 cm³/mol. The SMILES string of the molecule is CC(C)(C)[CH]C(COc1cccc(B2OC(C)(C)C(C)(C)O2)c1)O[Si](C)(C)C(C)(C)C. The van der Waals surface area contributed by atoms with Crippen molar-refractivity contribution < 1.29 is 18.5 Å². The Morgan fingerprint density at radius 3 is 2.03 bits per heavy atom. The highest BCUT2D eigenvalue weighted by Crippen LogP contribution is 2.39. The Bertz CT molecular complexity index is 731. The van der Waals surface area contributed by atoms with Gasteiger partial charge in [0.15, 0.2) is 8.32 Å². The lowest BCUT2D eigenvalue weighted by Gasteiger charge is -2.40. The number of ether oxygens (including phenoxy) is 1. The van der Waals surface area contributed by atoms with Gasteiger partial charge in [0.2, 0.25) is 0 Å². The molecule has 0 saturated carbocycles. The first-order chi connectivity index (χ1) is 13.8. The van der Waals surface area contributed by atoms with Crippen molar-refractivity contribution in [2.75, 3.05) is 6.61 Å². The maximum absolute atomic E-state index is 6.69. The van der Waals surface area contributed by atoms with Gasteiger partial charge >= 0.3 is 7.12 Å². The molecule has 1 aliphatic rings. The molecule has 0 amide bonds. The molecule has 1 saturated heterocycles. The summed E-state index contributed by atoms with van der Waals surface area (Å²) in [6.07, 6.45) is 2.20. The van der Waals surface area contributed by atoms with Crippen molar-refractivity contribution in [3.8, 4) is 5.75 Å². The molecule has 1 unspecified atom stereocenters. The molecule has 6 heteroatoms. The van der Waals surface area contributed by atoms with E-state index in [1.165, 1.54) is 0 Å². The van der Waals surface area contributed by atoms with E-state index in [-0.39, 0.29) is 27.8 Å². The fraction of sp³-hybridized carbons (Fsp3) is 0.720. The van der Waals surface area contributed by atoms with Gasteiger partial charge in [-0.2, -0.15) is 0 Å². The molecule has 1 aliphatic heterocycles. The molecular weight excluding hydrogens is 403 g/mol. The van der Waals surface area contributed by atoms with Gasteiger partial charge in [-0.3, -0.25) is 0 Å². The van der Waals surface area contributed by atoms with Crippen LogP contribution in [-0.2, 0) is 13.7 Å². The average Bonchev–Trinajstić information content (AvgIpc) is 2.78. The monoisotopic (exact) mass is 447 g/mol. The molecule has 4 nitrogen and oxygen atoms in total. The maximum atomic E-state index is 6.69. The highest BCUT2D eigenvalue weighted by atomic mass is 28.4. The van der Waals surface area contributed by atoms with Gasteiger partial charge < -0.3 is 18.5 Å². The van der Waals surface area contributed by atoms with Gasteiger partial charge in [-0.05, 0) is 75.3 Å². The summed E-state index contributed by atoms with van der Waals surface area (Å²) in [5, 5.41) is 0.146. The minimum Gasteiger partial charge on any atom is -0.491 e. The summed E-state index contributed by atoms with van der Waals surface area (Å²) >= 11 is 0. The van der Waals surface area contributed by atoms with Crippen molar-refractivity contribution in [2.24, 2.45) is 5.41 Å². The van der Waals surface area contributed by atoms with Crippen LogP contribution in [0.25, 0.3) is 0 Å². The Hall–Kier alpha value is -0.818. The van der Waals surface area contributed by atoms with E-state index in [9.17, 15) is 0 Å². The number of hydrogen-bond acceptors (Lipinski definition) is 4. The smallest absolute Gasteiger partial charge is 0.491 e. The quantitative estimate of drug-likeness (QED) is 0.480. The second-order valence-corrected chi connectivity index (χ2v) is 17.2. The van der Waals surface area contributed by atoms with E-state index in [2.05, 4.69) is 88.8 Å². The fourth-order valence-electron chi connectivity index (χ4n) is 3.14. The van der Waals surface area contributed by atoms with Crippen molar-refractivity contribution in [1.29, 1.82) is 0 Å². The first-order valence-corrected chi connectivity index (χ1v) is 14.4. The van der Waals surface area contributed by atoms with E-state index in [0.29, 0.717) is 6.61 Å². The summed E-state index contributed by atoms with van der Waals surface area (Å²) in [6, 6.07) is 8.02. The van der Waals surface area contributed by atoms with Gasteiger partial charge in [0.25, 0.3) is 0 Å². The molecule has 1 aromatic rings. The van der Waals surface area contributed by atoms with Crippen molar-refractivity contribution in [3.05, 3.63) is 30.7 Å². The van der Waals surface area contributed by atoms with E-state index in [0.717, 1.165) is 11.2 Å². The minimum absolute atomic E-state index is 0.0426. The van der Waals surface area contributed by atoms with Crippen LogP contribution >= 0.6 is 0 Å². The Kier molecular flexibility index (Phi) is 7.54. The standard InChI is InChI=1S/C25H44BO4Si/c1-22(2,3)17-21(28-31(11,12)23(4,5)6)18-27-20-15-13-14-19(16-20)26-29-24(7,8)25(9,10)30-26/h13-17,21H,18H2,1-12H3. The van der Waals surface area contributed by atoms with Crippen LogP contribution in [0.3, 0.4) is 0 Å². The van der Waals surface area contributed by atoms with Gasteiger partial charge in [-0.15, -0.1) is 0 Å². The molecule has 1 aromatic carbocycles. The molecule has 0 aromatic heterocycles. The Morgan fingerprint density at radius 2 is 1.55 bits per heavy atom. The second kappa shape index (κ2) is 8.85. The van der Waals surface area contributed by atoms with Gasteiger partial charge in [-0.25, -0.2) is 0 Å². The Morgan fingerprint density at radius 1 is 1.00 bits per heavy atom. The topological polar surface area (TPSA) is 36.9 Å². The van der Waals surface area contributed by atoms with E-state index in [1.807, 2.05) is 24.3 Å². The van der Waals surface area contributed by atoms with Crippen molar-refractivity contribution >= 4 is 20.9 Å². The third-order valence-corrected chi connectivity index (χ3v) is 11.2. The van der Waals surface area contributed by atoms with Crippen LogP contribution in [-0.4, -0.2) is 39.3 Å². The van der Waals surface area contributed by atoms with Crippen LogP contribution in [0.2, 0.25) is 18.1 Å². The first-order valence-electron chi connectivity index (χ1n) is 11.5. The van der Waals surface area contributed by atoms with Crippen LogP contribution in [0.15, 0.2) is 24.3 Å². The molecule has 175 valence electrons. The Balaban J connectivity index is 2.12. The fourth-order valence-corrected chi connectivity index (χ4v) is 4.38. The predicted octanol–water partition coefficient (Wildman–Crippen LogP) is 6.01. The molecule has 31 heavy (non-hydrogen) atoms. The summed E-state index contributed by atoms with van der Waals surface area (Å²) in [6.45, 7) is 26.7. The van der Waals surface area contributed by atoms with Gasteiger partial charge in [-0.1, -0.05) is 53.7 Å².